The van der Waals surface area contributed by atoms with E-state index < -0.39 is 4.92 Å². The predicted molar refractivity (Wildman–Crippen MR) is 87.6 cm³/mol. The highest BCUT2D eigenvalue weighted by atomic mass is 79.9. The molecule has 21 heavy (non-hydrogen) atoms. The van der Waals surface area contributed by atoms with E-state index in [4.69, 9.17) is 10.5 Å². The fraction of sp³-hybridized carbons (Fsp3) is 0.143. The number of nitrogens with zero attached hydrogens (tertiary/aromatic N) is 1. The van der Waals surface area contributed by atoms with E-state index in [2.05, 4.69) is 31.9 Å². The lowest BCUT2D eigenvalue weighted by atomic mass is 10.1. The number of nitrogens with two attached hydrogens (primary N) is 1. The van der Waals surface area contributed by atoms with Crippen molar-refractivity contribution in [3.05, 3.63) is 61.0 Å². The normalized spacial score (nSPS) is 12.0. The van der Waals surface area contributed by atoms with Crippen LogP contribution >= 0.6 is 31.9 Å². The average molecular weight is 416 g/mol. The molecule has 0 aromatic heterocycles. The van der Waals surface area contributed by atoms with Gasteiger partial charge in [0.1, 0.15) is 11.5 Å². The van der Waals surface area contributed by atoms with Crippen molar-refractivity contribution in [3.8, 4) is 11.5 Å². The van der Waals surface area contributed by atoms with Gasteiger partial charge >= 0.3 is 0 Å². The van der Waals surface area contributed by atoms with Crippen LogP contribution in [0.3, 0.4) is 0 Å². The molecule has 110 valence electrons. The molecular weight excluding hydrogens is 404 g/mol. The average Bonchev–Trinajstić information content (AvgIpc) is 2.42. The lowest BCUT2D eigenvalue weighted by Gasteiger charge is -2.12. The zero-order valence-corrected chi connectivity index (χ0v) is 14.2. The zero-order valence-electron chi connectivity index (χ0n) is 11.0. The molecule has 0 heterocycles. The second kappa shape index (κ2) is 6.55. The van der Waals surface area contributed by atoms with E-state index in [9.17, 15) is 10.1 Å². The molecule has 0 aliphatic rings. The van der Waals surface area contributed by atoms with Crippen molar-refractivity contribution < 1.29 is 9.66 Å². The maximum atomic E-state index is 10.8. The Morgan fingerprint density at radius 3 is 2.43 bits per heavy atom. The Hall–Kier alpha value is -1.44. The van der Waals surface area contributed by atoms with E-state index in [0.29, 0.717) is 16.0 Å². The third-order valence-corrected chi connectivity index (χ3v) is 4.10. The van der Waals surface area contributed by atoms with E-state index in [1.807, 2.05) is 19.1 Å². The Balaban J connectivity index is 2.34. The third kappa shape index (κ3) is 3.81. The van der Waals surface area contributed by atoms with Gasteiger partial charge in [-0.15, -0.1) is 0 Å². The molecule has 1 atom stereocenters. The van der Waals surface area contributed by atoms with Gasteiger partial charge in [0.15, 0.2) is 0 Å². The van der Waals surface area contributed by atoms with Crippen molar-refractivity contribution in [2.75, 3.05) is 0 Å². The fourth-order valence-corrected chi connectivity index (χ4v) is 2.49. The first-order chi connectivity index (χ1) is 9.88. The van der Waals surface area contributed by atoms with Crippen LogP contribution in [0.4, 0.5) is 5.69 Å². The van der Waals surface area contributed by atoms with E-state index in [1.165, 1.54) is 12.1 Å². The van der Waals surface area contributed by atoms with Crippen molar-refractivity contribution in [2.24, 2.45) is 5.73 Å². The van der Waals surface area contributed by atoms with Gasteiger partial charge in [0.2, 0.25) is 0 Å². The number of hydrogen-bond donors (Lipinski definition) is 1. The van der Waals surface area contributed by atoms with Crippen molar-refractivity contribution in [1.29, 1.82) is 0 Å². The minimum Gasteiger partial charge on any atom is -0.455 e. The lowest BCUT2D eigenvalue weighted by molar-refractivity contribution is -0.384. The van der Waals surface area contributed by atoms with Crippen molar-refractivity contribution in [2.45, 2.75) is 13.0 Å². The van der Waals surface area contributed by atoms with Crippen LogP contribution in [0.25, 0.3) is 0 Å². The van der Waals surface area contributed by atoms with Crippen LogP contribution in [0.2, 0.25) is 0 Å². The lowest BCUT2D eigenvalue weighted by Crippen LogP contribution is -2.04. The molecule has 7 heteroatoms. The standard InChI is InChI=1S/C14H12Br2N2O3/c1-8(17)9-2-5-13(12(16)6-9)21-14-7-10(18(19)20)3-4-11(14)15/h2-8H,17H2,1H3/t8-/m1/s1. The maximum Gasteiger partial charge on any atom is 0.273 e. The third-order valence-electron chi connectivity index (χ3n) is 2.83. The molecule has 0 spiro atoms. The van der Waals surface area contributed by atoms with Gasteiger partial charge in [-0.1, -0.05) is 6.07 Å². The minimum atomic E-state index is -0.465. The molecule has 0 unspecified atom stereocenters. The summed E-state index contributed by atoms with van der Waals surface area (Å²) in [7, 11) is 0. The van der Waals surface area contributed by atoms with Crippen LogP contribution < -0.4 is 10.5 Å². The number of nitro groups is 1. The molecule has 2 N–H and O–H groups in total. The molecule has 0 saturated heterocycles. The zero-order chi connectivity index (χ0) is 15.6. The van der Waals surface area contributed by atoms with Crippen molar-refractivity contribution in [3.63, 3.8) is 0 Å². The van der Waals surface area contributed by atoms with Gasteiger partial charge in [-0.05, 0) is 62.5 Å². The highest BCUT2D eigenvalue weighted by molar-refractivity contribution is 9.11. The van der Waals surface area contributed by atoms with Crippen LogP contribution in [0.15, 0.2) is 45.3 Å². The second-order valence-electron chi connectivity index (χ2n) is 4.45. The number of ether oxygens (including phenoxy) is 1. The molecular formula is C14H12Br2N2O3. The summed E-state index contributed by atoms with van der Waals surface area (Å²) in [4.78, 5) is 10.4. The van der Waals surface area contributed by atoms with Crippen LogP contribution in [0.1, 0.15) is 18.5 Å². The van der Waals surface area contributed by atoms with Gasteiger partial charge in [0, 0.05) is 12.1 Å². The van der Waals surface area contributed by atoms with Gasteiger partial charge in [-0.3, -0.25) is 10.1 Å². The fourth-order valence-electron chi connectivity index (χ4n) is 1.69. The second-order valence-corrected chi connectivity index (χ2v) is 6.16. The van der Waals surface area contributed by atoms with Crippen LogP contribution in [-0.2, 0) is 0 Å². The SMILES string of the molecule is C[C@@H](N)c1ccc(Oc2cc([N+](=O)[O-])ccc2Br)c(Br)c1. The molecule has 0 fully saturated rings. The number of nitro benzene ring substituents is 1. The summed E-state index contributed by atoms with van der Waals surface area (Å²) >= 11 is 6.73. The summed E-state index contributed by atoms with van der Waals surface area (Å²) in [6.45, 7) is 1.89. The number of rotatable bonds is 4. The quantitative estimate of drug-likeness (QED) is 0.567. The molecule has 0 saturated carbocycles. The maximum absolute atomic E-state index is 10.8. The number of non-ortho nitro benzene ring substituents is 1. The molecule has 0 aliphatic carbocycles. The topological polar surface area (TPSA) is 78.4 Å². The molecule has 2 rings (SSSR count). The Morgan fingerprint density at radius 2 is 1.86 bits per heavy atom. The molecule has 5 nitrogen and oxygen atoms in total. The first kappa shape index (κ1) is 15.9. The smallest absolute Gasteiger partial charge is 0.273 e. The monoisotopic (exact) mass is 414 g/mol. The number of benzene rings is 2. The van der Waals surface area contributed by atoms with E-state index in [0.717, 1.165) is 10.0 Å². The molecule has 0 radical (unpaired) electrons. The van der Waals surface area contributed by atoms with Gasteiger partial charge in [-0.2, -0.15) is 0 Å². The molecule has 2 aromatic rings. The first-order valence-corrected chi connectivity index (χ1v) is 7.64. The van der Waals surface area contributed by atoms with E-state index in [1.54, 1.807) is 12.1 Å². The van der Waals surface area contributed by atoms with Crippen LogP contribution in [0, 0.1) is 10.1 Å². The van der Waals surface area contributed by atoms with E-state index >= 15 is 0 Å². The van der Waals surface area contributed by atoms with Crippen molar-refractivity contribution >= 4 is 37.5 Å². The summed E-state index contributed by atoms with van der Waals surface area (Å²) in [6.07, 6.45) is 0. The Bertz CT molecular complexity index is 690. The van der Waals surface area contributed by atoms with Gasteiger partial charge < -0.3 is 10.5 Å². The van der Waals surface area contributed by atoms with E-state index in [-0.39, 0.29) is 11.7 Å². The first-order valence-electron chi connectivity index (χ1n) is 6.05. The predicted octanol–water partition coefficient (Wildman–Crippen LogP) is 4.93. The largest absolute Gasteiger partial charge is 0.455 e. The Labute approximate surface area is 138 Å². The van der Waals surface area contributed by atoms with Gasteiger partial charge in [0.05, 0.1) is 19.9 Å². The summed E-state index contributed by atoms with van der Waals surface area (Å²) in [5, 5.41) is 10.8. The van der Waals surface area contributed by atoms with Gasteiger partial charge in [0.25, 0.3) is 5.69 Å². The highest BCUT2D eigenvalue weighted by Crippen LogP contribution is 2.36. The number of halogens is 2. The Kier molecular flexibility index (Phi) is 4.97. The molecule has 2 aromatic carbocycles. The summed E-state index contributed by atoms with van der Waals surface area (Å²) in [6, 6.07) is 9.77. The highest BCUT2D eigenvalue weighted by Gasteiger charge is 2.13. The summed E-state index contributed by atoms with van der Waals surface area (Å²) in [5.41, 5.74) is 6.75. The molecule has 0 amide bonds. The van der Waals surface area contributed by atoms with Gasteiger partial charge in [-0.25, -0.2) is 0 Å². The van der Waals surface area contributed by atoms with Crippen LogP contribution in [0.5, 0.6) is 11.5 Å². The van der Waals surface area contributed by atoms with Crippen LogP contribution in [-0.4, -0.2) is 4.92 Å². The van der Waals surface area contributed by atoms with Crippen molar-refractivity contribution in [1.82, 2.24) is 0 Å². The number of hydrogen-bond acceptors (Lipinski definition) is 4. The molecule has 0 bridgehead atoms. The summed E-state index contributed by atoms with van der Waals surface area (Å²) < 4.78 is 7.09. The summed E-state index contributed by atoms with van der Waals surface area (Å²) in [5.74, 6) is 0.930. The minimum absolute atomic E-state index is 0.0310. The Morgan fingerprint density at radius 1 is 1.14 bits per heavy atom. The molecule has 0 aliphatic heterocycles.